The van der Waals surface area contributed by atoms with Gasteiger partial charge < -0.3 is 5.32 Å². The number of alkyl halides is 3. The lowest BCUT2D eigenvalue weighted by Crippen LogP contribution is -2.52. The highest BCUT2D eigenvalue weighted by Crippen LogP contribution is 2.25. The van der Waals surface area contributed by atoms with Crippen LogP contribution >= 0.6 is 0 Å². The number of nitrogens with one attached hydrogen (secondary N) is 1. The summed E-state index contributed by atoms with van der Waals surface area (Å²) >= 11 is 0. The van der Waals surface area contributed by atoms with Crippen LogP contribution in [0.25, 0.3) is 0 Å². The Morgan fingerprint density at radius 3 is 1.95 bits per heavy atom. The van der Waals surface area contributed by atoms with Gasteiger partial charge in [-0.05, 0) is 32.0 Å². The van der Waals surface area contributed by atoms with Crippen molar-refractivity contribution in [3.63, 3.8) is 0 Å². The Kier molecular flexibility index (Phi) is 4.94. The van der Waals surface area contributed by atoms with Gasteiger partial charge in [-0.2, -0.15) is 21.6 Å². The lowest BCUT2D eigenvalue weighted by atomic mass is 10.1. The van der Waals surface area contributed by atoms with E-state index in [1.54, 1.807) is 12.1 Å². The fourth-order valence-corrected chi connectivity index (χ4v) is 1.76. The molecule has 0 radical (unpaired) electrons. The van der Waals surface area contributed by atoms with Gasteiger partial charge in [0.25, 0.3) is 10.1 Å². The summed E-state index contributed by atoms with van der Waals surface area (Å²) in [6.45, 7) is 2.35. The largest absolute Gasteiger partial charge is 0.403 e. The molecule has 0 spiro atoms. The van der Waals surface area contributed by atoms with Crippen LogP contribution in [0.15, 0.2) is 29.2 Å². The minimum atomic E-state index is -4.02. The molecule has 0 bridgehead atoms. The van der Waals surface area contributed by atoms with E-state index >= 15 is 0 Å². The van der Waals surface area contributed by atoms with Crippen molar-refractivity contribution < 1.29 is 26.1 Å². The van der Waals surface area contributed by atoms with Crippen LogP contribution < -0.4 is 5.32 Å². The third kappa shape index (κ3) is 5.17. The second-order valence-corrected chi connectivity index (χ2v) is 5.55. The highest BCUT2D eigenvalue weighted by atomic mass is 32.2. The summed E-state index contributed by atoms with van der Waals surface area (Å²) in [6.07, 6.45) is -3.78. The van der Waals surface area contributed by atoms with Gasteiger partial charge in [-0.1, -0.05) is 17.7 Å². The molecule has 4 nitrogen and oxygen atoms in total. The molecule has 1 aromatic carbocycles. The number of hydrogen-bond acceptors (Lipinski definition) is 3. The topological polar surface area (TPSA) is 66.4 Å². The Labute approximate surface area is 109 Å². The fraction of sp³-hybridized carbons (Fsp3) is 0.455. The molecule has 0 aromatic heterocycles. The third-order valence-electron chi connectivity index (χ3n) is 2.54. The number of benzene rings is 1. The molecule has 1 heterocycles. The molecule has 8 heteroatoms. The maximum absolute atomic E-state index is 11.4. The van der Waals surface area contributed by atoms with E-state index < -0.39 is 22.3 Å². The molecule has 1 fully saturated rings. The molecule has 0 unspecified atom stereocenters. The molecule has 2 rings (SSSR count). The second-order valence-electron chi connectivity index (χ2n) is 4.13. The summed E-state index contributed by atoms with van der Waals surface area (Å²) in [4.78, 5) is -0.0666. The maximum Gasteiger partial charge on any atom is 0.403 e. The van der Waals surface area contributed by atoms with E-state index in [0.29, 0.717) is 6.54 Å². The average molecular weight is 297 g/mol. The van der Waals surface area contributed by atoms with Gasteiger partial charge in [0, 0.05) is 0 Å². The van der Waals surface area contributed by atoms with E-state index in [1.807, 2.05) is 6.92 Å². The monoisotopic (exact) mass is 297 g/mol. The van der Waals surface area contributed by atoms with Crippen molar-refractivity contribution in [2.75, 3.05) is 6.54 Å². The lowest BCUT2D eigenvalue weighted by molar-refractivity contribution is -0.169. The summed E-state index contributed by atoms with van der Waals surface area (Å²) in [5, 5.41) is 2.26. The summed E-state index contributed by atoms with van der Waals surface area (Å²) < 4.78 is 63.9. The van der Waals surface area contributed by atoms with Gasteiger partial charge in [-0.25, -0.2) is 0 Å². The Bertz CT molecular complexity index is 507. The van der Waals surface area contributed by atoms with Gasteiger partial charge in [-0.3, -0.25) is 4.55 Å². The normalized spacial score (nSPS) is 19.1. The molecule has 1 aromatic rings. The standard InChI is InChI=1S/C7H8O3S.C4H6F3N/c1-6-2-4-7(5-3-6)11(8,9)10;5-4(6,7)3-1-2-8-3/h2-5H,1H3,(H,8,9,10);3,8H,1-2H2/t;3-/m.0/s1. The minimum absolute atomic E-state index is 0.0666. The number of halogens is 3. The van der Waals surface area contributed by atoms with Crippen molar-refractivity contribution in [3.05, 3.63) is 29.8 Å². The van der Waals surface area contributed by atoms with Crippen molar-refractivity contribution >= 4 is 10.1 Å². The fourth-order valence-electron chi connectivity index (χ4n) is 1.28. The first-order valence-corrected chi connectivity index (χ1v) is 6.89. The van der Waals surface area contributed by atoms with Gasteiger partial charge in [0.2, 0.25) is 0 Å². The molecule has 19 heavy (non-hydrogen) atoms. The molecule has 1 aliphatic heterocycles. The van der Waals surface area contributed by atoms with Gasteiger partial charge in [0.15, 0.2) is 0 Å². The molecule has 1 atom stereocenters. The van der Waals surface area contributed by atoms with Crippen LogP contribution in [0.4, 0.5) is 13.2 Å². The summed E-state index contributed by atoms with van der Waals surface area (Å²) in [7, 11) is -4.02. The van der Waals surface area contributed by atoms with Gasteiger partial charge >= 0.3 is 6.18 Å². The van der Waals surface area contributed by atoms with Crippen LogP contribution in [0.5, 0.6) is 0 Å². The van der Waals surface area contributed by atoms with E-state index in [-0.39, 0.29) is 11.3 Å². The van der Waals surface area contributed by atoms with Crippen LogP contribution in [-0.4, -0.2) is 31.7 Å². The number of hydrogen-bond donors (Lipinski definition) is 2. The van der Waals surface area contributed by atoms with Gasteiger partial charge in [0.1, 0.15) is 6.04 Å². The van der Waals surface area contributed by atoms with E-state index in [1.165, 1.54) is 12.1 Å². The van der Waals surface area contributed by atoms with Crippen molar-refractivity contribution in [2.24, 2.45) is 0 Å². The first-order valence-electron chi connectivity index (χ1n) is 5.45. The van der Waals surface area contributed by atoms with Crippen LogP contribution in [0.1, 0.15) is 12.0 Å². The molecule has 0 aliphatic carbocycles. The maximum atomic E-state index is 11.4. The zero-order valence-electron chi connectivity index (χ0n) is 10.1. The van der Waals surface area contributed by atoms with Crippen molar-refractivity contribution in [3.8, 4) is 0 Å². The number of aryl methyl sites for hydroxylation is 1. The molecule has 0 saturated carbocycles. The zero-order chi connectivity index (χ0) is 14.7. The molecule has 1 aliphatic rings. The SMILES string of the molecule is Cc1ccc(S(=O)(=O)O)cc1.FC(F)(F)[C@@H]1CCN1. The first kappa shape index (κ1) is 15.9. The Morgan fingerprint density at radius 1 is 1.26 bits per heavy atom. The predicted molar refractivity (Wildman–Crippen MR) is 63.5 cm³/mol. The van der Waals surface area contributed by atoms with E-state index in [4.69, 9.17) is 4.55 Å². The average Bonchev–Trinajstić information content (AvgIpc) is 2.11. The van der Waals surface area contributed by atoms with E-state index in [0.717, 1.165) is 5.56 Å². The van der Waals surface area contributed by atoms with Gasteiger partial charge in [0.05, 0.1) is 4.90 Å². The third-order valence-corrected chi connectivity index (χ3v) is 3.41. The Balaban J connectivity index is 0.000000200. The van der Waals surface area contributed by atoms with Crippen molar-refractivity contribution in [1.82, 2.24) is 5.32 Å². The molecular formula is C11H14F3NO3S. The summed E-state index contributed by atoms with van der Waals surface area (Å²) in [5.74, 6) is 0. The smallest absolute Gasteiger partial charge is 0.306 e. The quantitative estimate of drug-likeness (QED) is 0.780. The molecular weight excluding hydrogens is 283 g/mol. The zero-order valence-corrected chi connectivity index (χ0v) is 10.9. The minimum Gasteiger partial charge on any atom is -0.306 e. The molecule has 0 amide bonds. The van der Waals surface area contributed by atoms with Crippen molar-refractivity contribution in [2.45, 2.75) is 30.5 Å². The molecule has 2 N–H and O–H groups in total. The van der Waals surface area contributed by atoms with Gasteiger partial charge in [-0.15, -0.1) is 0 Å². The predicted octanol–water partition coefficient (Wildman–Crippen LogP) is 2.15. The Hall–Kier alpha value is -1.12. The second kappa shape index (κ2) is 5.89. The van der Waals surface area contributed by atoms with E-state index in [9.17, 15) is 21.6 Å². The van der Waals surface area contributed by atoms with E-state index in [2.05, 4.69) is 5.32 Å². The number of rotatable bonds is 1. The highest BCUT2D eigenvalue weighted by Gasteiger charge is 2.42. The van der Waals surface area contributed by atoms with Crippen molar-refractivity contribution in [1.29, 1.82) is 0 Å². The first-order chi connectivity index (χ1) is 8.60. The Morgan fingerprint density at radius 2 is 1.74 bits per heavy atom. The molecule has 1 saturated heterocycles. The lowest BCUT2D eigenvalue weighted by Gasteiger charge is -2.29. The summed E-state index contributed by atoms with van der Waals surface area (Å²) in [5.41, 5.74) is 0.956. The van der Waals surface area contributed by atoms with Crippen LogP contribution in [0.3, 0.4) is 0 Å². The summed E-state index contributed by atoms with van der Waals surface area (Å²) in [6, 6.07) is 4.77. The van der Waals surface area contributed by atoms with Crippen LogP contribution in [0.2, 0.25) is 0 Å². The highest BCUT2D eigenvalue weighted by molar-refractivity contribution is 7.85. The molecule has 108 valence electrons. The van der Waals surface area contributed by atoms with Crippen LogP contribution in [0, 0.1) is 6.92 Å². The van der Waals surface area contributed by atoms with Crippen LogP contribution in [-0.2, 0) is 10.1 Å².